The summed E-state index contributed by atoms with van der Waals surface area (Å²) in [6, 6.07) is 4.57. The molecule has 3 aliphatic rings. The van der Waals surface area contributed by atoms with Crippen LogP contribution in [0.15, 0.2) is 23.1 Å². The molecule has 9 nitrogen and oxygen atoms in total. The number of nitrogens with one attached hydrogen (secondary N) is 1. The number of benzene rings is 1. The number of morpholine rings is 1. The monoisotopic (exact) mass is 395 g/mol. The Morgan fingerprint density at radius 3 is 2.67 bits per heavy atom. The van der Waals surface area contributed by atoms with E-state index >= 15 is 0 Å². The van der Waals surface area contributed by atoms with Crippen molar-refractivity contribution < 1.29 is 27.5 Å². The zero-order chi connectivity index (χ0) is 19.0. The van der Waals surface area contributed by atoms with E-state index in [1.165, 1.54) is 27.4 Å². The van der Waals surface area contributed by atoms with Crippen LogP contribution in [0.25, 0.3) is 0 Å². The number of carbonyl (C=O) groups excluding carboxylic acids is 2. The van der Waals surface area contributed by atoms with Crippen molar-refractivity contribution in [2.24, 2.45) is 0 Å². The van der Waals surface area contributed by atoms with E-state index in [0.717, 1.165) is 12.8 Å². The molecule has 1 saturated carbocycles. The van der Waals surface area contributed by atoms with Crippen molar-refractivity contribution in [2.45, 2.75) is 23.8 Å². The van der Waals surface area contributed by atoms with E-state index in [4.69, 9.17) is 9.47 Å². The minimum atomic E-state index is -3.71. The number of fused-ring (bicyclic) bond motifs is 1. The van der Waals surface area contributed by atoms with Crippen molar-refractivity contribution in [1.29, 1.82) is 0 Å². The van der Waals surface area contributed by atoms with Gasteiger partial charge in [-0.15, -0.1) is 0 Å². The van der Waals surface area contributed by atoms with Crippen molar-refractivity contribution in [3.05, 3.63) is 18.2 Å². The molecule has 2 heterocycles. The molecule has 2 fully saturated rings. The molecule has 0 aromatic heterocycles. The number of hydrogen-bond donors (Lipinski definition) is 1. The molecule has 1 N–H and O–H groups in total. The second kappa shape index (κ2) is 7.10. The van der Waals surface area contributed by atoms with Crippen LogP contribution in [0.1, 0.15) is 12.8 Å². The summed E-state index contributed by atoms with van der Waals surface area (Å²) in [6.45, 7) is 0.912. The quantitative estimate of drug-likeness (QED) is 0.735. The van der Waals surface area contributed by atoms with Gasteiger partial charge in [0.2, 0.25) is 15.9 Å². The number of anilines is 1. The number of sulfonamides is 1. The third-order valence-corrected chi connectivity index (χ3v) is 6.62. The number of rotatable bonds is 5. The van der Waals surface area contributed by atoms with Crippen LogP contribution in [0.2, 0.25) is 0 Å². The van der Waals surface area contributed by atoms with Gasteiger partial charge in [-0.2, -0.15) is 4.31 Å². The van der Waals surface area contributed by atoms with Crippen LogP contribution >= 0.6 is 0 Å². The largest absolute Gasteiger partial charge is 0.482 e. The summed E-state index contributed by atoms with van der Waals surface area (Å²) < 4.78 is 37.7. The first-order chi connectivity index (χ1) is 12.9. The topological polar surface area (TPSA) is 105 Å². The van der Waals surface area contributed by atoms with Crippen molar-refractivity contribution in [1.82, 2.24) is 9.62 Å². The van der Waals surface area contributed by atoms with Gasteiger partial charge in [-0.1, -0.05) is 0 Å². The summed E-state index contributed by atoms with van der Waals surface area (Å²) in [5, 5.41) is 2.84. The van der Waals surface area contributed by atoms with Gasteiger partial charge in [0.15, 0.2) is 6.61 Å². The fraction of sp³-hybridized carbons (Fsp3) is 0.529. The van der Waals surface area contributed by atoms with E-state index < -0.39 is 10.0 Å². The van der Waals surface area contributed by atoms with E-state index in [0.29, 0.717) is 24.7 Å². The first-order valence-electron chi connectivity index (χ1n) is 8.89. The molecule has 146 valence electrons. The Morgan fingerprint density at radius 2 is 1.96 bits per heavy atom. The van der Waals surface area contributed by atoms with Gasteiger partial charge in [0.25, 0.3) is 5.91 Å². The summed E-state index contributed by atoms with van der Waals surface area (Å²) in [5.74, 6) is -0.260. The normalized spacial score (nSPS) is 20.7. The Morgan fingerprint density at radius 1 is 1.22 bits per heavy atom. The van der Waals surface area contributed by atoms with E-state index in [1.54, 1.807) is 0 Å². The van der Waals surface area contributed by atoms with Crippen LogP contribution in [-0.4, -0.2) is 70.0 Å². The fourth-order valence-corrected chi connectivity index (χ4v) is 4.52. The summed E-state index contributed by atoms with van der Waals surface area (Å²) in [7, 11) is -3.71. The number of ether oxygens (including phenoxy) is 2. The summed E-state index contributed by atoms with van der Waals surface area (Å²) in [6.07, 6.45) is 1.89. The van der Waals surface area contributed by atoms with Crippen LogP contribution in [0.3, 0.4) is 0 Å². The number of nitrogens with zero attached hydrogens (tertiary/aromatic N) is 2. The lowest BCUT2D eigenvalue weighted by molar-refractivity contribution is -0.125. The third kappa shape index (κ3) is 3.78. The molecule has 0 atom stereocenters. The van der Waals surface area contributed by atoms with Crippen LogP contribution in [0.5, 0.6) is 5.75 Å². The summed E-state index contributed by atoms with van der Waals surface area (Å²) in [4.78, 5) is 25.8. The molecule has 1 aromatic rings. The lowest BCUT2D eigenvalue weighted by Gasteiger charge is -2.30. The van der Waals surface area contributed by atoms with Gasteiger partial charge in [0, 0.05) is 19.1 Å². The summed E-state index contributed by atoms with van der Waals surface area (Å²) in [5.41, 5.74) is 0.298. The predicted molar refractivity (Wildman–Crippen MR) is 95.0 cm³/mol. The second-order valence-electron chi connectivity index (χ2n) is 6.76. The Kier molecular flexibility index (Phi) is 4.79. The maximum Gasteiger partial charge on any atom is 0.265 e. The van der Waals surface area contributed by atoms with Crippen molar-refractivity contribution >= 4 is 27.5 Å². The molecule has 1 aromatic carbocycles. The van der Waals surface area contributed by atoms with Crippen molar-refractivity contribution in [2.75, 3.05) is 44.4 Å². The predicted octanol–water partition coefficient (Wildman–Crippen LogP) is -0.288. The Labute approximate surface area is 157 Å². The molecule has 0 radical (unpaired) electrons. The highest BCUT2D eigenvalue weighted by Crippen LogP contribution is 2.35. The zero-order valence-electron chi connectivity index (χ0n) is 14.7. The van der Waals surface area contributed by atoms with E-state index in [2.05, 4.69) is 5.32 Å². The van der Waals surface area contributed by atoms with Crippen molar-refractivity contribution in [3.63, 3.8) is 0 Å². The molecule has 1 saturated heterocycles. The Bertz CT molecular complexity index is 861. The highest BCUT2D eigenvalue weighted by atomic mass is 32.2. The van der Waals surface area contributed by atoms with Gasteiger partial charge < -0.3 is 14.8 Å². The molecule has 0 spiro atoms. The smallest absolute Gasteiger partial charge is 0.265 e. The average molecular weight is 395 g/mol. The lowest BCUT2D eigenvalue weighted by Crippen LogP contribution is -2.45. The molecule has 10 heteroatoms. The molecule has 27 heavy (non-hydrogen) atoms. The first kappa shape index (κ1) is 18.2. The number of hydrogen-bond acceptors (Lipinski definition) is 6. The van der Waals surface area contributed by atoms with E-state index in [-0.39, 0.29) is 49.0 Å². The van der Waals surface area contributed by atoms with Crippen LogP contribution in [-0.2, 0) is 24.3 Å². The van der Waals surface area contributed by atoms with Gasteiger partial charge in [0.05, 0.1) is 23.8 Å². The van der Waals surface area contributed by atoms with Gasteiger partial charge in [0.1, 0.15) is 12.3 Å². The zero-order valence-corrected chi connectivity index (χ0v) is 15.5. The van der Waals surface area contributed by atoms with Crippen molar-refractivity contribution in [3.8, 4) is 5.75 Å². The number of amides is 2. The molecule has 2 amide bonds. The van der Waals surface area contributed by atoms with Gasteiger partial charge in [-0.25, -0.2) is 8.42 Å². The van der Waals surface area contributed by atoms with E-state index in [9.17, 15) is 18.0 Å². The van der Waals surface area contributed by atoms with Gasteiger partial charge >= 0.3 is 0 Å². The molecule has 0 bridgehead atoms. The molecule has 2 aliphatic heterocycles. The van der Waals surface area contributed by atoms with E-state index in [1.807, 2.05) is 0 Å². The molecule has 1 aliphatic carbocycles. The molecule has 0 unspecified atom stereocenters. The minimum absolute atomic E-state index is 0.0639. The summed E-state index contributed by atoms with van der Waals surface area (Å²) >= 11 is 0. The standard InChI is InChI=1S/C17H21N3O6S/c21-16(18-12-1-2-12)10-20-14-9-13(3-4-15(14)26-11-17(20)22)27(23,24)19-5-7-25-8-6-19/h3-4,9,12H,1-2,5-8,10-11H2,(H,18,21). The maximum absolute atomic E-state index is 12.9. The van der Waals surface area contributed by atoms with Crippen LogP contribution in [0.4, 0.5) is 5.69 Å². The Hall–Kier alpha value is -2.17. The third-order valence-electron chi connectivity index (χ3n) is 4.73. The lowest BCUT2D eigenvalue weighted by atomic mass is 10.2. The van der Waals surface area contributed by atoms with Crippen LogP contribution in [0, 0.1) is 0 Å². The molecule has 4 rings (SSSR count). The second-order valence-corrected chi connectivity index (χ2v) is 8.69. The first-order valence-corrected chi connectivity index (χ1v) is 10.3. The Balaban J connectivity index is 1.61. The SMILES string of the molecule is O=C(CN1C(=O)COc2ccc(S(=O)(=O)N3CCOCC3)cc21)NC1CC1. The van der Waals surface area contributed by atoms with Gasteiger partial charge in [-0.05, 0) is 31.0 Å². The highest BCUT2D eigenvalue weighted by Gasteiger charge is 2.32. The van der Waals surface area contributed by atoms with Gasteiger partial charge in [-0.3, -0.25) is 14.5 Å². The average Bonchev–Trinajstić information content (AvgIpc) is 3.48. The minimum Gasteiger partial charge on any atom is -0.482 e. The number of carbonyl (C=O) groups is 2. The molecular weight excluding hydrogens is 374 g/mol. The maximum atomic E-state index is 12.9. The molecular formula is C17H21N3O6S. The fourth-order valence-electron chi connectivity index (χ4n) is 3.10. The van der Waals surface area contributed by atoms with Crippen LogP contribution < -0.4 is 15.0 Å². The highest BCUT2D eigenvalue weighted by molar-refractivity contribution is 7.89.